The molecule has 1 aromatic carbocycles. The number of benzene rings is 1. The van der Waals surface area contributed by atoms with Gasteiger partial charge in [0.15, 0.2) is 0 Å². The number of allylic oxidation sites excluding steroid dienone is 1. The molecule has 1 amide bonds. The largest absolute Gasteiger partial charge is 0.465 e. The fraction of sp³-hybridized carbons (Fsp3) is 0.500. The first-order valence-electron chi connectivity index (χ1n) is 7.70. The van der Waals surface area contributed by atoms with Crippen LogP contribution in [0.2, 0.25) is 10.0 Å². The Morgan fingerprint density at radius 2 is 2.00 bits per heavy atom. The van der Waals surface area contributed by atoms with Crippen LogP contribution in [0.15, 0.2) is 24.8 Å². The van der Waals surface area contributed by atoms with Crippen molar-refractivity contribution < 1.29 is 9.90 Å². The van der Waals surface area contributed by atoms with Gasteiger partial charge in [-0.25, -0.2) is 4.79 Å². The van der Waals surface area contributed by atoms with Gasteiger partial charge < -0.3 is 5.11 Å². The van der Waals surface area contributed by atoms with Crippen LogP contribution in [-0.4, -0.2) is 21.6 Å². The van der Waals surface area contributed by atoms with E-state index >= 15 is 0 Å². The molecule has 0 unspecified atom stereocenters. The van der Waals surface area contributed by atoms with Gasteiger partial charge in [-0.1, -0.05) is 56.1 Å². The van der Waals surface area contributed by atoms with Gasteiger partial charge in [0.2, 0.25) is 0 Å². The number of amides is 1. The predicted molar refractivity (Wildman–Crippen MR) is 95.4 cm³/mol. The Bertz CT molecular complexity index is 631. The Morgan fingerprint density at radius 1 is 1.39 bits per heavy atom. The molecule has 0 radical (unpaired) electrons. The van der Waals surface area contributed by atoms with Crippen LogP contribution >= 0.6 is 23.2 Å². The van der Waals surface area contributed by atoms with Crippen molar-refractivity contribution in [2.24, 2.45) is 5.41 Å². The molecule has 0 aliphatic heterocycles. The number of halogens is 2. The minimum absolute atomic E-state index is 0.125. The molecule has 0 bridgehead atoms. The smallest absolute Gasteiger partial charge is 0.408 e. The first kappa shape index (κ1) is 18.2. The lowest BCUT2D eigenvalue weighted by Crippen LogP contribution is -2.48. The predicted octanol–water partition coefficient (Wildman–Crippen LogP) is 5.78. The van der Waals surface area contributed by atoms with Crippen molar-refractivity contribution in [1.82, 2.24) is 4.90 Å². The maximum atomic E-state index is 11.9. The minimum Gasteiger partial charge on any atom is -0.465 e. The van der Waals surface area contributed by atoms with Crippen molar-refractivity contribution in [3.8, 4) is 0 Å². The summed E-state index contributed by atoms with van der Waals surface area (Å²) in [5.74, 6) is 0. The normalized spacial score (nSPS) is 16.0. The van der Waals surface area contributed by atoms with E-state index in [2.05, 4.69) is 27.4 Å². The van der Waals surface area contributed by atoms with Crippen LogP contribution in [0.3, 0.4) is 0 Å². The Kier molecular flexibility index (Phi) is 5.03. The number of carbonyl (C=O) groups is 1. The fourth-order valence-corrected chi connectivity index (χ4v) is 3.65. The number of hydrogen-bond acceptors (Lipinski definition) is 1. The molecule has 1 N–H and O–H groups in total. The van der Waals surface area contributed by atoms with Gasteiger partial charge in [0.25, 0.3) is 0 Å². The number of carboxylic acid groups (broad SMARTS) is 1. The van der Waals surface area contributed by atoms with Crippen molar-refractivity contribution in [2.75, 3.05) is 0 Å². The third-order valence-electron chi connectivity index (χ3n) is 4.74. The highest BCUT2D eigenvalue weighted by atomic mass is 35.5. The monoisotopic (exact) mass is 355 g/mol. The third kappa shape index (κ3) is 3.51. The summed E-state index contributed by atoms with van der Waals surface area (Å²) in [4.78, 5) is 13.4. The maximum absolute atomic E-state index is 11.9. The summed E-state index contributed by atoms with van der Waals surface area (Å²) in [5.41, 5.74) is 1.27. The summed E-state index contributed by atoms with van der Waals surface area (Å²) in [6.45, 7) is 10.2. The van der Waals surface area contributed by atoms with Gasteiger partial charge in [-0.15, -0.1) is 6.58 Å². The molecule has 1 aliphatic rings. The van der Waals surface area contributed by atoms with E-state index in [0.717, 1.165) is 24.0 Å². The second-order valence-electron chi connectivity index (χ2n) is 7.19. The van der Waals surface area contributed by atoms with E-state index in [-0.39, 0.29) is 17.5 Å². The van der Waals surface area contributed by atoms with Gasteiger partial charge in [-0.2, -0.15) is 0 Å². The van der Waals surface area contributed by atoms with E-state index < -0.39 is 6.09 Å². The number of rotatable bonds is 5. The van der Waals surface area contributed by atoms with E-state index in [0.29, 0.717) is 16.5 Å². The number of nitrogens with zero attached hydrogens (tertiary/aromatic N) is 1. The van der Waals surface area contributed by atoms with Crippen LogP contribution in [0.25, 0.3) is 0 Å². The second-order valence-corrected chi connectivity index (χ2v) is 7.98. The zero-order valence-corrected chi connectivity index (χ0v) is 15.3. The van der Waals surface area contributed by atoms with E-state index in [9.17, 15) is 9.90 Å². The molecule has 3 nitrogen and oxygen atoms in total. The van der Waals surface area contributed by atoms with E-state index in [1.807, 2.05) is 6.07 Å². The Labute approximate surface area is 147 Å². The van der Waals surface area contributed by atoms with Crippen LogP contribution in [0.4, 0.5) is 4.79 Å². The summed E-state index contributed by atoms with van der Waals surface area (Å²) in [6, 6.07) is 3.72. The van der Waals surface area contributed by atoms with Crippen LogP contribution in [0.5, 0.6) is 0 Å². The molecule has 0 spiro atoms. The molecule has 2 rings (SSSR count). The summed E-state index contributed by atoms with van der Waals surface area (Å²) in [7, 11) is 0. The van der Waals surface area contributed by atoms with Crippen molar-refractivity contribution in [2.45, 2.75) is 52.1 Å². The van der Waals surface area contributed by atoms with Gasteiger partial charge in [0.1, 0.15) is 0 Å². The highest BCUT2D eigenvalue weighted by Gasteiger charge is 2.58. The van der Waals surface area contributed by atoms with Gasteiger partial charge in [-0.3, -0.25) is 4.90 Å². The second kappa shape index (κ2) is 6.37. The zero-order valence-electron chi connectivity index (χ0n) is 13.8. The van der Waals surface area contributed by atoms with Crippen LogP contribution in [-0.2, 0) is 13.0 Å². The Balaban J connectivity index is 2.39. The Hall–Kier alpha value is -1.19. The summed E-state index contributed by atoms with van der Waals surface area (Å²) < 4.78 is 0. The molecular formula is C18H23Cl2NO2. The molecule has 23 heavy (non-hydrogen) atoms. The zero-order chi connectivity index (χ0) is 17.4. The molecule has 5 heteroatoms. The fourth-order valence-electron chi connectivity index (χ4n) is 3.22. The average Bonchev–Trinajstić information content (AvgIpc) is 3.21. The van der Waals surface area contributed by atoms with Crippen LogP contribution in [0.1, 0.15) is 44.7 Å². The van der Waals surface area contributed by atoms with E-state index in [1.54, 1.807) is 12.1 Å². The van der Waals surface area contributed by atoms with Crippen molar-refractivity contribution in [1.29, 1.82) is 0 Å². The summed E-state index contributed by atoms with van der Waals surface area (Å²) in [5, 5.41) is 10.6. The SMILES string of the molecule is C=CCc1cc(Cl)c(Cl)c(CN(C(=O)O)C2(C(C)(C)C)CC2)c1. The molecule has 126 valence electrons. The highest BCUT2D eigenvalue weighted by molar-refractivity contribution is 6.42. The molecule has 1 aliphatic carbocycles. The third-order valence-corrected chi connectivity index (χ3v) is 5.58. The van der Waals surface area contributed by atoms with Crippen molar-refractivity contribution >= 4 is 29.3 Å². The maximum Gasteiger partial charge on any atom is 0.408 e. The summed E-state index contributed by atoms with van der Waals surface area (Å²) in [6.07, 6.45) is 3.29. The first-order chi connectivity index (χ1) is 10.6. The minimum atomic E-state index is -0.918. The molecule has 0 atom stereocenters. The Morgan fingerprint density at radius 3 is 2.43 bits per heavy atom. The highest BCUT2D eigenvalue weighted by Crippen LogP contribution is 2.55. The van der Waals surface area contributed by atoms with Crippen LogP contribution < -0.4 is 0 Å². The molecule has 0 aromatic heterocycles. The van der Waals surface area contributed by atoms with Crippen molar-refractivity contribution in [3.05, 3.63) is 46.0 Å². The molecule has 1 fully saturated rings. The quantitative estimate of drug-likeness (QED) is 0.679. The topological polar surface area (TPSA) is 40.5 Å². The first-order valence-corrected chi connectivity index (χ1v) is 8.46. The molecule has 1 aromatic rings. The van der Waals surface area contributed by atoms with Gasteiger partial charge in [0.05, 0.1) is 22.1 Å². The van der Waals surface area contributed by atoms with Gasteiger partial charge in [-0.05, 0) is 41.9 Å². The van der Waals surface area contributed by atoms with Gasteiger partial charge >= 0.3 is 6.09 Å². The molecule has 0 saturated heterocycles. The lowest BCUT2D eigenvalue weighted by Gasteiger charge is -2.39. The van der Waals surface area contributed by atoms with E-state index in [4.69, 9.17) is 23.2 Å². The van der Waals surface area contributed by atoms with Crippen molar-refractivity contribution in [3.63, 3.8) is 0 Å². The molecule has 1 saturated carbocycles. The van der Waals surface area contributed by atoms with Gasteiger partial charge in [0, 0.05) is 0 Å². The lowest BCUT2D eigenvalue weighted by molar-refractivity contribution is 0.0630. The van der Waals surface area contributed by atoms with Crippen LogP contribution in [0, 0.1) is 5.41 Å². The molecule has 0 heterocycles. The average molecular weight is 356 g/mol. The summed E-state index contributed by atoms with van der Waals surface area (Å²) >= 11 is 12.5. The number of hydrogen-bond donors (Lipinski definition) is 1. The lowest BCUT2D eigenvalue weighted by atomic mass is 9.82. The van der Waals surface area contributed by atoms with E-state index in [1.165, 1.54) is 4.90 Å². The standard InChI is InChI=1S/C18H23Cl2NO2/c1-5-6-12-9-13(15(20)14(19)10-12)11-21(16(22)23)18(7-8-18)17(2,3)4/h5,9-10H,1,6-8,11H2,2-4H3,(H,22,23). The molecular weight excluding hydrogens is 333 g/mol.